The second-order valence-corrected chi connectivity index (χ2v) is 8.03. The third-order valence-corrected chi connectivity index (χ3v) is 6.67. The van der Waals surface area contributed by atoms with Crippen molar-refractivity contribution in [1.82, 2.24) is 10.2 Å². The molecule has 0 aromatic heterocycles. The molecule has 108 valence electrons. The van der Waals surface area contributed by atoms with Crippen molar-refractivity contribution in [3.8, 4) is 0 Å². The summed E-state index contributed by atoms with van der Waals surface area (Å²) in [5.41, 5.74) is 1.34. The first-order valence-corrected chi connectivity index (χ1v) is 8.79. The van der Waals surface area contributed by atoms with Crippen molar-refractivity contribution in [2.45, 2.75) is 82.2 Å². The Morgan fingerprint density at radius 2 is 1.58 bits per heavy atom. The molecule has 2 saturated carbocycles. The molecule has 0 aromatic carbocycles. The topological polar surface area (TPSA) is 15.3 Å². The zero-order valence-electron chi connectivity index (χ0n) is 12.4. The quantitative estimate of drug-likeness (QED) is 0.780. The molecule has 4 rings (SSSR count). The second kappa shape index (κ2) is 4.73. The molecule has 1 atom stereocenters. The zero-order valence-corrected chi connectivity index (χ0v) is 12.4. The number of rotatable bonds is 1. The van der Waals surface area contributed by atoms with Gasteiger partial charge in [0.05, 0.1) is 0 Å². The molecule has 19 heavy (non-hydrogen) atoms. The summed E-state index contributed by atoms with van der Waals surface area (Å²) in [6.07, 6.45) is 16.3. The lowest BCUT2D eigenvalue weighted by Gasteiger charge is -2.58. The Labute approximate surface area is 118 Å². The molecule has 4 fully saturated rings. The van der Waals surface area contributed by atoms with Crippen molar-refractivity contribution in [1.29, 1.82) is 0 Å². The van der Waals surface area contributed by atoms with Gasteiger partial charge in [-0.25, -0.2) is 0 Å². The van der Waals surface area contributed by atoms with E-state index in [9.17, 15) is 0 Å². The van der Waals surface area contributed by atoms with Crippen LogP contribution < -0.4 is 5.32 Å². The lowest BCUT2D eigenvalue weighted by molar-refractivity contribution is -0.0663. The first kappa shape index (κ1) is 12.6. The van der Waals surface area contributed by atoms with E-state index in [1.807, 2.05) is 0 Å². The summed E-state index contributed by atoms with van der Waals surface area (Å²) in [6.45, 7) is 4.15. The summed E-state index contributed by atoms with van der Waals surface area (Å²) >= 11 is 0. The molecule has 0 amide bonds. The summed E-state index contributed by atoms with van der Waals surface area (Å²) in [7, 11) is 0. The molecule has 0 bridgehead atoms. The summed E-state index contributed by atoms with van der Waals surface area (Å²) in [4.78, 5) is 2.85. The van der Waals surface area contributed by atoms with E-state index in [2.05, 4.69) is 10.2 Å². The number of hydrogen-bond acceptors (Lipinski definition) is 2. The predicted octanol–water partition coefficient (Wildman–Crippen LogP) is 3.32. The normalized spacial score (nSPS) is 37.6. The highest BCUT2D eigenvalue weighted by atomic mass is 15.2. The molecule has 2 heterocycles. The highest BCUT2D eigenvalue weighted by Crippen LogP contribution is 2.47. The Morgan fingerprint density at radius 3 is 2.21 bits per heavy atom. The third kappa shape index (κ3) is 2.25. The van der Waals surface area contributed by atoms with E-state index in [-0.39, 0.29) is 0 Å². The van der Waals surface area contributed by atoms with E-state index in [1.54, 1.807) is 0 Å². The minimum Gasteiger partial charge on any atom is -0.311 e. The summed E-state index contributed by atoms with van der Waals surface area (Å²) < 4.78 is 0. The maximum Gasteiger partial charge on any atom is 0.0196 e. The SMILES string of the molecule is C1CCCC2(CC1)CN(C1CCNC3(CCC3)C1)C2. The molecular formula is C17H30N2. The van der Waals surface area contributed by atoms with Crippen LogP contribution in [0.15, 0.2) is 0 Å². The van der Waals surface area contributed by atoms with Crippen LogP contribution in [0.3, 0.4) is 0 Å². The highest BCUT2D eigenvalue weighted by molar-refractivity contribution is 5.06. The molecule has 4 aliphatic rings. The smallest absolute Gasteiger partial charge is 0.0196 e. The minimum atomic E-state index is 0.578. The zero-order chi connectivity index (χ0) is 12.8. The lowest BCUT2D eigenvalue weighted by atomic mass is 9.67. The van der Waals surface area contributed by atoms with Crippen LogP contribution in [-0.2, 0) is 0 Å². The maximum absolute atomic E-state index is 3.82. The second-order valence-electron chi connectivity index (χ2n) is 8.03. The van der Waals surface area contributed by atoms with Gasteiger partial charge in [0.25, 0.3) is 0 Å². The Bertz CT molecular complexity index is 318. The van der Waals surface area contributed by atoms with E-state index < -0.39 is 0 Å². The Balaban J connectivity index is 1.34. The van der Waals surface area contributed by atoms with Crippen molar-refractivity contribution in [3.05, 3.63) is 0 Å². The number of nitrogens with zero attached hydrogens (tertiary/aromatic N) is 1. The van der Waals surface area contributed by atoms with Crippen LogP contribution in [0.2, 0.25) is 0 Å². The molecule has 2 aliphatic heterocycles. The highest BCUT2D eigenvalue weighted by Gasteiger charge is 2.48. The van der Waals surface area contributed by atoms with E-state index in [1.165, 1.54) is 90.3 Å². The van der Waals surface area contributed by atoms with Gasteiger partial charge in [-0.3, -0.25) is 4.90 Å². The fourth-order valence-electron chi connectivity index (χ4n) is 5.29. The number of hydrogen-bond donors (Lipinski definition) is 1. The molecular weight excluding hydrogens is 232 g/mol. The fourth-order valence-corrected chi connectivity index (χ4v) is 5.29. The number of piperidine rings is 1. The predicted molar refractivity (Wildman–Crippen MR) is 79.3 cm³/mol. The number of likely N-dealkylation sites (tertiary alicyclic amines) is 1. The summed E-state index contributed by atoms with van der Waals surface area (Å²) in [5.74, 6) is 0. The molecule has 1 N–H and O–H groups in total. The molecule has 2 saturated heterocycles. The largest absolute Gasteiger partial charge is 0.311 e. The van der Waals surface area contributed by atoms with E-state index in [0.717, 1.165) is 11.5 Å². The molecule has 2 spiro atoms. The fraction of sp³-hybridized carbons (Fsp3) is 1.00. The summed E-state index contributed by atoms with van der Waals surface area (Å²) in [5, 5.41) is 3.82. The van der Waals surface area contributed by atoms with Crippen molar-refractivity contribution in [3.63, 3.8) is 0 Å². The molecule has 2 aliphatic carbocycles. The monoisotopic (exact) mass is 262 g/mol. The van der Waals surface area contributed by atoms with Crippen LogP contribution in [0, 0.1) is 5.41 Å². The van der Waals surface area contributed by atoms with Crippen molar-refractivity contribution < 1.29 is 0 Å². The van der Waals surface area contributed by atoms with Crippen molar-refractivity contribution >= 4 is 0 Å². The maximum atomic E-state index is 3.82. The summed E-state index contributed by atoms with van der Waals surface area (Å²) in [6, 6.07) is 0.912. The van der Waals surface area contributed by atoms with Gasteiger partial charge in [0.2, 0.25) is 0 Å². The Morgan fingerprint density at radius 1 is 0.842 bits per heavy atom. The molecule has 0 aromatic rings. The van der Waals surface area contributed by atoms with Gasteiger partial charge >= 0.3 is 0 Å². The lowest BCUT2D eigenvalue weighted by Crippen LogP contribution is -2.65. The van der Waals surface area contributed by atoms with Crippen molar-refractivity contribution in [2.75, 3.05) is 19.6 Å². The molecule has 0 radical (unpaired) electrons. The van der Waals surface area contributed by atoms with Crippen LogP contribution in [0.1, 0.15) is 70.6 Å². The van der Waals surface area contributed by atoms with E-state index in [0.29, 0.717) is 5.54 Å². The molecule has 1 unspecified atom stereocenters. The minimum absolute atomic E-state index is 0.578. The van der Waals surface area contributed by atoms with E-state index >= 15 is 0 Å². The average Bonchev–Trinajstić information content (AvgIpc) is 2.61. The van der Waals surface area contributed by atoms with Crippen molar-refractivity contribution in [2.24, 2.45) is 5.41 Å². The first-order valence-electron chi connectivity index (χ1n) is 8.79. The van der Waals surface area contributed by atoms with Crippen LogP contribution in [-0.4, -0.2) is 36.1 Å². The third-order valence-electron chi connectivity index (χ3n) is 6.67. The van der Waals surface area contributed by atoms with Gasteiger partial charge in [0.1, 0.15) is 0 Å². The van der Waals surface area contributed by atoms with Gasteiger partial charge in [0.15, 0.2) is 0 Å². The standard InChI is InChI=1S/C17H30N2/c1-2-4-8-16(7-3-1)13-19(14-16)15-6-11-18-17(12-15)9-5-10-17/h15,18H,1-14H2. The van der Waals surface area contributed by atoms with Gasteiger partial charge < -0.3 is 5.32 Å². The van der Waals surface area contributed by atoms with Crippen LogP contribution >= 0.6 is 0 Å². The van der Waals surface area contributed by atoms with Gasteiger partial charge in [-0.1, -0.05) is 25.7 Å². The number of nitrogens with one attached hydrogen (secondary N) is 1. The van der Waals surface area contributed by atoms with Gasteiger partial charge in [0, 0.05) is 24.7 Å². The first-order chi connectivity index (χ1) is 9.29. The van der Waals surface area contributed by atoms with Crippen LogP contribution in [0.4, 0.5) is 0 Å². The Kier molecular flexibility index (Phi) is 3.15. The molecule has 2 heteroatoms. The van der Waals surface area contributed by atoms with Gasteiger partial charge in [-0.05, 0) is 56.9 Å². The van der Waals surface area contributed by atoms with Gasteiger partial charge in [-0.2, -0.15) is 0 Å². The van der Waals surface area contributed by atoms with Crippen LogP contribution in [0.25, 0.3) is 0 Å². The van der Waals surface area contributed by atoms with Crippen LogP contribution in [0.5, 0.6) is 0 Å². The van der Waals surface area contributed by atoms with E-state index in [4.69, 9.17) is 0 Å². The average molecular weight is 262 g/mol. The Hall–Kier alpha value is -0.0800. The molecule has 2 nitrogen and oxygen atoms in total. The van der Waals surface area contributed by atoms with Gasteiger partial charge in [-0.15, -0.1) is 0 Å².